The summed E-state index contributed by atoms with van der Waals surface area (Å²) >= 11 is 0. The minimum atomic E-state index is -1.01. The lowest BCUT2D eigenvalue weighted by atomic mass is 10.1. The Morgan fingerprint density at radius 2 is 1.68 bits per heavy atom. The molecule has 156 valence electrons. The highest BCUT2D eigenvalue weighted by Gasteiger charge is 2.05. The Bertz CT molecular complexity index is 615. The van der Waals surface area contributed by atoms with Crippen molar-refractivity contribution in [2.75, 3.05) is 20.3 Å². The Morgan fingerprint density at radius 3 is 2.29 bits per heavy atom. The second-order valence-electron chi connectivity index (χ2n) is 6.71. The Hall–Kier alpha value is -2.50. The van der Waals surface area contributed by atoms with E-state index in [-0.39, 0.29) is 12.5 Å². The molecule has 0 saturated heterocycles. The molecule has 0 radical (unpaired) electrons. The molecule has 0 heterocycles. The van der Waals surface area contributed by atoms with Crippen molar-refractivity contribution in [2.45, 2.75) is 57.8 Å². The lowest BCUT2D eigenvalue weighted by Gasteiger charge is -2.11. The fraction of sp³-hybridized carbons (Fsp3) is 0.545. The SMILES string of the molecule is C=Cc1ccc(OCCCCCCCCCCC(=O)NCC(=O)O)c(OC)c1. The summed E-state index contributed by atoms with van der Waals surface area (Å²) in [7, 11) is 1.64. The predicted molar refractivity (Wildman–Crippen MR) is 111 cm³/mol. The van der Waals surface area contributed by atoms with Gasteiger partial charge in [0.1, 0.15) is 6.54 Å². The van der Waals surface area contributed by atoms with Crippen molar-refractivity contribution in [3.63, 3.8) is 0 Å². The molecule has 1 aromatic rings. The van der Waals surface area contributed by atoms with Crippen LogP contribution in [0.4, 0.5) is 0 Å². The van der Waals surface area contributed by atoms with E-state index < -0.39 is 5.97 Å². The number of carboxylic acid groups (broad SMARTS) is 1. The van der Waals surface area contributed by atoms with Crippen LogP contribution in [0.5, 0.6) is 11.5 Å². The molecule has 0 unspecified atom stereocenters. The van der Waals surface area contributed by atoms with Crippen LogP contribution < -0.4 is 14.8 Å². The van der Waals surface area contributed by atoms with E-state index >= 15 is 0 Å². The Balaban J connectivity index is 1.98. The lowest BCUT2D eigenvalue weighted by molar-refractivity contribution is -0.137. The third kappa shape index (κ3) is 10.6. The van der Waals surface area contributed by atoms with E-state index in [1.54, 1.807) is 13.2 Å². The van der Waals surface area contributed by atoms with Crippen molar-refractivity contribution in [1.82, 2.24) is 5.32 Å². The number of ether oxygens (including phenoxy) is 2. The molecular formula is C22H33NO5. The van der Waals surface area contributed by atoms with Gasteiger partial charge in [-0.3, -0.25) is 9.59 Å². The van der Waals surface area contributed by atoms with E-state index in [1.165, 1.54) is 12.8 Å². The first-order valence-electron chi connectivity index (χ1n) is 9.98. The van der Waals surface area contributed by atoms with E-state index in [1.807, 2.05) is 18.2 Å². The van der Waals surface area contributed by atoms with E-state index in [0.717, 1.165) is 55.6 Å². The molecule has 1 rings (SSSR count). The minimum absolute atomic E-state index is 0.182. The highest BCUT2D eigenvalue weighted by atomic mass is 16.5. The summed E-state index contributed by atoms with van der Waals surface area (Å²) in [5, 5.41) is 10.9. The van der Waals surface area contributed by atoms with Gasteiger partial charge >= 0.3 is 5.97 Å². The zero-order valence-corrected chi connectivity index (χ0v) is 16.9. The largest absolute Gasteiger partial charge is 0.493 e. The number of carboxylic acids is 1. The van der Waals surface area contributed by atoms with Crippen LogP contribution >= 0.6 is 0 Å². The van der Waals surface area contributed by atoms with Crippen molar-refractivity contribution >= 4 is 18.0 Å². The smallest absolute Gasteiger partial charge is 0.322 e. The lowest BCUT2D eigenvalue weighted by Crippen LogP contribution is -2.28. The van der Waals surface area contributed by atoms with Gasteiger partial charge in [0.05, 0.1) is 13.7 Å². The fourth-order valence-corrected chi connectivity index (χ4v) is 2.82. The van der Waals surface area contributed by atoms with Gasteiger partial charge in [-0.2, -0.15) is 0 Å². The van der Waals surface area contributed by atoms with Gasteiger partial charge in [-0.1, -0.05) is 57.2 Å². The number of hydrogen-bond acceptors (Lipinski definition) is 4. The molecule has 6 heteroatoms. The van der Waals surface area contributed by atoms with Crippen molar-refractivity contribution in [3.05, 3.63) is 30.3 Å². The first-order valence-corrected chi connectivity index (χ1v) is 9.98. The summed E-state index contributed by atoms with van der Waals surface area (Å²) in [5.41, 5.74) is 1.00. The number of rotatable bonds is 16. The molecule has 0 aliphatic rings. The predicted octanol–water partition coefficient (Wildman–Crippen LogP) is 4.43. The topological polar surface area (TPSA) is 84.9 Å². The van der Waals surface area contributed by atoms with Crippen LogP contribution in [0, 0.1) is 0 Å². The van der Waals surface area contributed by atoms with Gasteiger partial charge in [0.15, 0.2) is 11.5 Å². The molecule has 0 saturated carbocycles. The number of amides is 1. The Morgan fingerprint density at radius 1 is 1.04 bits per heavy atom. The third-order valence-corrected chi connectivity index (χ3v) is 4.42. The summed E-state index contributed by atoms with van der Waals surface area (Å²) in [6.45, 7) is 4.13. The number of aliphatic carboxylic acids is 1. The highest BCUT2D eigenvalue weighted by molar-refractivity contribution is 5.80. The second-order valence-corrected chi connectivity index (χ2v) is 6.71. The van der Waals surface area contributed by atoms with Crippen molar-refractivity contribution in [1.29, 1.82) is 0 Å². The number of nitrogens with one attached hydrogen (secondary N) is 1. The number of methoxy groups -OCH3 is 1. The average molecular weight is 392 g/mol. The molecule has 1 amide bonds. The molecule has 0 fully saturated rings. The Labute approximate surface area is 167 Å². The fourth-order valence-electron chi connectivity index (χ4n) is 2.82. The van der Waals surface area contributed by atoms with Crippen LogP contribution in [-0.4, -0.2) is 37.2 Å². The average Bonchev–Trinajstić information content (AvgIpc) is 2.70. The van der Waals surface area contributed by atoms with Gasteiger partial charge in [-0.25, -0.2) is 0 Å². The molecule has 0 aromatic heterocycles. The number of hydrogen-bond donors (Lipinski definition) is 2. The molecule has 0 aliphatic carbocycles. The van der Waals surface area contributed by atoms with Gasteiger partial charge in [0, 0.05) is 6.42 Å². The molecule has 28 heavy (non-hydrogen) atoms. The molecule has 0 aliphatic heterocycles. The number of carbonyl (C=O) groups excluding carboxylic acids is 1. The summed E-state index contributed by atoms with van der Waals surface area (Å²) in [6.07, 6.45) is 10.8. The summed E-state index contributed by atoms with van der Waals surface area (Å²) in [6, 6.07) is 5.79. The summed E-state index contributed by atoms with van der Waals surface area (Å²) < 4.78 is 11.2. The van der Waals surface area contributed by atoms with Gasteiger partial charge in [0.25, 0.3) is 0 Å². The monoisotopic (exact) mass is 391 g/mol. The van der Waals surface area contributed by atoms with Crippen LogP contribution in [0.1, 0.15) is 63.4 Å². The van der Waals surface area contributed by atoms with Crippen molar-refractivity contribution < 1.29 is 24.2 Å². The van der Waals surface area contributed by atoms with E-state index in [0.29, 0.717) is 13.0 Å². The van der Waals surface area contributed by atoms with Crippen molar-refractivity contribution in [2.24, 2.45) is 0 Å². The molecule has 2 N–H and O–H groups in total. The van der Waals surface area contributed by atoms with Gasteiger partial charge < -0.3 is 19.9 Å². The van der Waals surface area contributed by atoms with Crippen LogP contribution in [-0.2, 0) is 9.59 Å². The normalized spacial score (nSPS) is 10.3. The first kappa shape index (κ1) is 23.5. The maximum atomic E-state index is 11.4. The molecule has 0 spiro atoms. The number of benzene rings is 1. The molecule has 0 atom stereocenters. The molecular weight excluding hydrogens is 358 g/mol. The highest BCUT2D eigenvalue weighted by Crippen LogP contribution is 2.28. The maximum Gasteiger partial charge on any atom is 0.322 e. The van der Waals surface area contributed by atoms with Crippen molar-refractivity contribution in [3.8, 4) is 11.5 Å². The standard InChI is InChI=1S/C22H33NO5/c1-3-18-13-14-19(20(16-18)27-2)28-15-11-9-7-5-4-6-8-10-12-21(24)23-17-22(25)26/h3,13-14,16H,1,4-12,15,17H2,2H3,(H,23,24)(H,25,26). The third-order valence-electron chi connectivity index (χ3n) is 4.42. The second kappa shape index (κ2) is 14.5. The van der Waals surface area contributed by atoms with Gasteiger partial charge in [0.2, 0.25) is 5.91 Å². The van der Waals surface area contributed by atoms with Gasteiger partial charge in [-0.05, 0) is 30.5 Å². The molecule has 1 aromatic carbocycles. The van der Waals surface area contributed by atoms with Gasteiger partial charge in [-0.15, -0.1) is 0 Å². The van der Waals surface area contributed by atoms with E-state index in [9.17, 15) is 9.59 Å². The summed E-state index contributed by atoms with van der Waals surface area (Å²) in [4.78, 5) is 21.7. The Kier molecular flexibility index (Phi) is 12.2. The van der Waals surface area contributed by atoms with Crippen LogP contribution in [0.2, 0.25) is 0 Å². The number of carbonyl (C=O) groups is 2. The minimum Gasteiger partial charge on any atom is -0.493 e. The van der Waals surface area contributed by atoms with Crippen LogP contribution in [0.25, 0.3) is 6.08 Å². The van der Waals surface area contributed by atoms with Crippen LogP contribution in [0.3, 0.4) is 0 Å². The quantitative estimate of drug-likeness (QED) is 0.407. The molecule has 6 nitrogen and oxygen atoms in total. The van der Waals surface area contributed by atoms with E-state index in [2.05, 4.69) is 11.9 Å². The summed E-state index contributed by atoms with van der Waals surface area (Å²) in [5.74, 6) is 0.302. The number of unbranched alkanes of at least 4 members (excludes halogenated alkanes) is 7. The zero-order valence-electron chi connectivity index (χ0n) is 16.9. The van der Waals surface area contributed by atoms with Crippen LogP contribution in [0.15, 0.2) is 24.8 Å². The zero-order chi connectivity index (χ0) is 20.6. The maximum absolute atomic E-state index is 11.4. The van der Waals surface area contributed by atoms with E-state index in [4.69, 9.17) is 14.6 Å². The first-order chi connectivity index (χ1) is 13.6. The molecule has 0 bridgehead atoms.